The molecule has 0 fully saturated rings. The monoisotopic (exact) mass is 237 g/mol. The Hall–Kier alpha value is -1.58. The second-order valence-electron chi connectivity index (χ2n) is 4.98. The van der Waals surface area contributed by atoms with E-state index in [4.69, 9.17) is 0 Å². The first-order chi connectivity index (χ1) is 7.88. The molecule has 0 aliphatic heterocycles. The summed E-state index contributed by atoms with van der Waals surface area (Å²) in [5.74, 6) is -0.547. The zero-order valence-corrected chi connectivity index (χ0v) is 10.7. The van der Waals surface area contributed by atoms with E-state index in [2.05, 4.69) is 18.8 Å². The Morgan fingerprint density at radius 3 is 2.29 bits per heavy atom. The zero-order valence-electron chi connectivity index (χ0n) is 10.7. The number of H-pyrrole nitrogens is 1. The molecular formula is C13H19NO3. The van der Waals surface area contributed by atoms with Crippen LogP contribution in [0.1, 0.15) is 65.7 Å². The Bertz CT molecular complexity index is 430. The predicted molar refractivity (Wildman–Crippen MR) is 65.8 cm³/mol. The molecule has 0 saturated heterocycles. The van der Waals surface area contributed by atoms with Gasteiger partial charge in [0, 0.05) is 5.69 Å². The van der Waals surface area contributed by atoms with Gasteiger partial charge in [-0.2, -0.15) is 0 Å². The van der Waals surface area contributed by atoms with Gasteiger partial charge in [0.2, 0.25) is 0 Å². The van der Waals surface area contributed by atoms with Gasteiger partial charge < -0.3 is 10.1 Å². The van der Waals surface area contributed by atoms with Gasteiger partial charge in [-0.3, -0.25) is 4.79 Å². The third-order valence-corrected chi connectivity index (χ3v) is 2.67. The first-order valence-electron chi connectivity index (χ1n) is 5.81. The fourth-order valence-corrected chi connectivity index (χ4v) is 2.11. The van der Waals surface area contributed by atoms with Crippen LogP contribution in [0.4, 0.5) is 0 Å². The minimum absolute atomic E-state index is 0.0831. The highest BCUT2D eigenvalue weighted by atomic mass is 16.4. The highest BCUT2D eigenvalue weighted by Gasteiger charge is 2.24. The number of aromatic amines is 1. The van der Waals surface area contributed by atoms with Crippen LogP contribution >= 0.6 is 0 Å². The van der Waals surface area contributed by atoms with Crippen molar-refractivity contribution < 1.29 is 14.7 Å². The Labute approximate surface area is 101 Å². The average molecular weight is 237 g/mol. The zero-order chi connectivity index (χ0) is 13.2. The number of aromatic nitrogens is 1. The summed E-state index contributed by atoms with van der Waals surface area (Å²) in [6.45, 7) is 8.00. The van der Waals surface area contributed by atoms with Crippen LogP contribution < -0.4 is 0 Å². The second kappa shape index (κ2) is 5.17. The first-order valence-corrected chi connectivity index (χ1v) is 5.81. The van der Waals surface area contributed by atoms with Gasteiger partial charge in [0.1, 0.15) is 0 Å². The Morgan fingerprint density at radius 2 is 1.94 bits per heavy atom. The normalized spacial score (nSPS) is 11.2. The lowest BCUT2D eigenvalue weighted by Crippen LogP contribution is -2.06. The summed E-state index contributed by atoms with van der Waals surface area (Å²) in [7, 11) is 0. The third-order valence-electron chi connectivity index (χ3n) is 2.67. The summed E-state index contributed by atoms with van der Waals surface area (Å²) in [5.41, 5.74) is 1.94. The van der Waals surface area contributed by atoms with Crippen LogP contribution in [0.3, 0.4) is 0 Å². The summed E-state index contributed by atoms with van der Waals surface area (Å²) < 4.78 is 0. The number of carbonyl (C=O) groups excluding carboxylic acids is 1. The molecule has 0 bridgehead atoms. The van der Waals surface area contributed by atoms with E-state index in [1.54, 1.807) is 0 Å². The molecular weight excluding hydrogens is 218 g/mol. The number of aldehydes is 1. The minimum Gasteiger partial charge on any atom is -0.478 e. The molecule has 0 saturated carbocycles. The average Bonchev–Trinajstić information content (AvgIpc) is 2.55. The van der Waals surface area contributed by atoms with Gasteiger partial charge >= 0.3 is 5.97 Å². The topological polar surface area (TPSA) is 70.2 Å². The Balaban J connectivity index is 3.40. The van der Waals surface area contributed by atoms with Crippen molar-refractivity contribution in [3.8, 4) is 0 Å². The lowest BCUT2D eigenvalue weighted by molar-refractivity contribution is 0.0692. The molecule has 17 heavy (non-hydrogen) atoms. The van der Waals surface area contributed by atoms with Gasteiger partial charge in [-0.05, 0) is 23.8 Å². The van der Waals surface area contributed by atoms with Crippen molar-refractivity contribution in [1.82, 2.24) is 4.98 Å². The fraction of sp³-hybridized carbons (Fsp3) is 0.538. The first kappa shape index (κ1) is 13.5. The number of rotatable bonds is 5. The van der Waals surface area contributed by atoms with Crippen molar-refractivity contribution in [3.63, 3.8) is 0 Å². The predicted octanol–water partition coefficient (Wildman–Crippen LogP) is 2.85. The number of nitrogens with one attached hydrogen (secondary N) is 1. The molecule has 0 aliphatic rings. The molecule has 0 amide bonds. The molecule has 0 aliphatic carbocycles. The quantitative estimate of drug-likeness (QED) is 0.773. The summed E-state index contributed by atoms with van der Waals surface area (Å²) in [6, 6.07) is 0. The van der Waals surface area contributed by atoms with E-state index in [1.807, 2.05) is 13.8 Å². The van der Waals surface area contributed by atoms with E-state index in [-0.39, 0.29) is 17.2 Å². The summed E-state index contributed by atoms with van der Waals surface area (Å²) in [4.78, 5) is 25.1. The minimum atomic E-state index is -1.04. The second-order valence-corrected chi connectivity index (χ2v) is 4.98. The molecule has 0 spiro atoms. The Morgan fingerprint density at radius 1 is 1.35 bits per heavy atom. The molecule has 4 nitrogen and oxygen atoms in total. The van der Waals surface area contributed by atoms with Gasteiger partial charge in [0.15, 0.2) is 6.29 Å². The molecule has 0 unspecified atom stereocenters. The van der Waals surface area contributed by atoms with Crippen LogP contribution in [0.2, 0.25) is 0 Å². The summed E-state index contributed by atoms with van der Waals surface area (Å²) in [6.07, 6.45) is 1.33. The van der Waals surface area contributed by atoms with Gasteiger partial charge in [-0.25, -0.2) is 4.79 Å². The fourth-order valence-electron chi connectivity index (χ4n) is 2.11. The molecule has 1 rings (SSSR count). The van der Waals surface area contributed by atoms with Crippen LogP contribution in [-0.2, 0) is 6.42 Å². The van der Waals surface area contributed by atoms with Crippen molar-refractivity contribution in [1.29, 1.82) is 0 Å². The maximum atomic E-state index is 11.2. The van der Waals surface area contributed by atoms with E-state index in [0.717, 1.165) is 17.7 Å². The highest BCUT2D eigenvalue weighted by molar-refractivity contribution is 5.98. The number of hydrogen-bond donors (Lipinski definition) is 2. The smallest absolute Gasteiger partial charge is 0.338 e. The van der Waals surface area contributed by atoms with Crippen LogP contribution in [0.15, 0.2) is 0 Å². The van der Waals surface area contributed by atoms with Crippen molar-refractivity contribution in [2.24, 2.45) is 5.92 Å². The molecule has 94 valence electrons. The summed E-state index contributed by atoms with van der Waals surface area (Å²) in [5, 5.41) is 9.20. The van der Waals surface area contributed by atoms with Crippen LogP contribution in [0.5, 0.6) is 0 Å². The lowest BCUT2D eigenvalue weighted by Gasteiger charge is -2.10. The molecule has 0 atom stereocenters. The van der Waals surface area contributed by atoms with Gasteiger partial charge in [-0.1, -0.05) is 27.7 Å². The van der Waals surface area contributed by atoms with E-state index in [1.165, 1.54) is 0 Å². The van der Waals surface area contributed by atoms with E-state index >= 15 is 0 Å². The maximum absolute atomic E-state index is 11.2. The molecule has 4 heteroatoms. The van der Waals surface area contributed by atoms with Crippen LogP contribution in [-0.4, -0.2) is 22.3 Å². The maximum Gasteiger partial charge on any atom is 0.338 e. The van der Waals surface area contributed by atoms with Crippen LogP contribution in [0.25, 0.3) is 0 Å². The molecule has 2 N–H and O–H groups in total. The van der Waals surface area contributed by atoms with Crippen molar-refractivity contribution >= 4 is 12.3 Å². The van der Waals surface area contributed by atoms with Crippen molar-refractivity contribution in [2.75, 3.05) is 0 Å². The standard InChI is InChI=1S/C13H19NO3/c1-7(2)5-9-11(8(3)4)12(13(16)17)10(6-15)14-9/h6-8,14H,5H2,1-4H3,(H,16,17). The molecule has 0 aromatic carbocycles. The molecule has 0 radical (unpaired) electrons. The molecule has 1 heterocycles. The Kier molecular flexibility index (Phi) is 4.10. The third kappa shape index (κ3) is 2.75. The van der Waals surface area contributed by atoms with E-state index in [0.29, 0.717) is 12.2 Å². The van der Waals surface area contributed by atoms with Crippen molar-refractivity contribution in [3.05, 3.63) is 22.5 Å². The highest BCUT2D eigenvalue weighted by Crippen LogP contribution is 2.28. The lowest BCUT2D eigenvalue weighted by atomic mass is 9.94. The SMILES string of the molecule is CC(C)Cc1[nH]c(C=O)c(C(=O)O)c1C(C)C. The number of carboxylic acids is 1. The van der Waals surface area contributed by atoms with Crippen molar-refractivity contribution in [2.45, 2.75) is 40.0 Å². The van der Waals surface area contributed by atoms with Crippen LogP contribution in [0, 0.1) is 5.92 Å². The van der Waals surface area contributed by atoms with Gasteiger partial charge in [-0.15, -0.1) is 0 Å². The number of carbonyl (C=O) groups is 2. The number of hydrogen-bond acceptors (Lipinski definition) is 2. The van der Waals surface area contributed by atoms with E-state index < -0.39 is 5.97 Å². The van der Waals surface area contributed by atoms with Gasteiger partial charge in [0.25, 0.3) is 0 Å². The number of carboxylic acid groups (broad SMARTS) is 1. The number of aromatic carboxylic acids is 1. The van der Waals surface area contributed by atoms with Gasteiger partial charge in [0.05, 0.1) is 11.3 Å². The largest absolute Gasteiger partial charge is 0.478 e. The summed E-state index contributed by atoms with van der Waals surface area (Å²) >= 11 is 0. The molecule has 1 aromatic heterocycles. The van der Waals surface area contributed by atoms with E-state index in [9.17, 15) is 14.7 Å². The molecule has 1 aromatic rings.